The Labute approximate surface area is 140 Å². The summed E-state index contributed by atoms with van der Waals surface area (Å²) in [6.45, 7) is 9.77. The van der Waals surface area contributed by atoms with Gasteiger partial charge in [0, 0.05) is 39.9 Å². The number of aliphatic imine (C=N–C) groups is 1. The number of guanidine groups is 1. The molecule has 136 valence electrons. The lowest BCUT2D eigenvalue weighted by atomic mass is 10.2. The topological polar surface area (TPSA) is 80.2 Å². The van der Waals surface area contributed by atoms with Crippen LogP contribution in [0.4, 0.5) is 0 Å². The first-order valence-electron chi connectivity index (χ1n) is 8.16. The molecule has 0 spiro atoms. The summed E-state index contributed by atoms with van der Waals surface area (Å²) in [7, 11) is -1.39. The van der Waals surface area contributed by atoms with Crippen LogP contribution in [0.25, 0.3) is 0 Å². The van der Waals surface area contributed by atoms with Crippen LogP contribution in [0.15, 0.2) is 4.99 Å². The number of nitrogens with zero attached hydrogens (tertiary/aromatic N) is 2. The molecule has 0 radical (unpaired) electrons. The van der Waals surface area contributed by atoms with Crippen molar-refractivity contribution >= 4 is 15.8 Å². The van der Waals surface area contributed by atoms with Crippen molar-refractivity contribution < 1.29 is 17.9 Å². The predicted octanol–water partition coefficient (Wildman–Crippen LogP) is 0.514. The molecule has 7 nitrogen and oxygen atoms in total. The monoisotopic (exact) mass is 349 g/mol. The van der Waals surface area contributed by atoms with Crippen molar-refractivity contribution in [3.8, 4) is 0 Å². The summed E-state index contributed by atoms with van der Waals surface area (Å²) >= 11 is 0. The van der Waals surface area contributed by atoms with Gasteiger partial charge in [-0.1, -0.05) is 0 Å². The lowest BCUT2D eigenvalue weighted by molar-refractivity contribution is 0.0702. The van der Waals surface area contributed by atoms with E-state index in [9.17, 15) is 8.42 Å². The molecular formula is C15H31N3O4S. The Kier molecular flexibility index (Phi) is 8.28. The Morgan fingerprint density at radius 3 is 2.65 bits per heavy atom. The van der Waals surface area contributed by atoms with E-state index in [1.807, 2.05) is 11.8 Å². The van der Waals surface area contributed by atoms with E-state index in [0.717, 1.165) is 18.9 Å². The summed E-state index contributed by atoms with van der Waals surface area (Å²) in [6.07, 6.45) is 0.828. The van der Waals surface area contributed by atoms with Crippen LogP contribution in [0, 0.1) is 0 Å². The molecule has 0 aliphatic carbocycles. The maximum atomic E-state index is 12.1. The number of hydrogen-bond acceptors (Lipinski definition) is 5. The van der Waals surface area contributed by atoms with Gasteiger partial charge < -0.3 is 19.7 Å². The van der Waals surface area contributed by atoms with Crippen LogP contribution in [0.1, 0.15) is 27.2 Å². The van der Waals surface area contributed by atoms with Gasteiger partial charge >= 0.3 is 0 Å². The van der Waals surface area contributed by atoms with Gasteiger partial charge in [0.15, 0.2) is 15.8 Å². The Hall–Kier alpha value is -0.860. The fraction of sp³-hybridized carbons (Fsp3) is 0.933. The minimum Gasteiger partial charge on any atom is -0.382 e. The number of hydrogen-bond donors (Lipinski definition) is 1. The SMILES string of the molecule is CCNC(=NCCCOCCOC)N1CCS(=O)(=O)C(C)(C)C1. The number of ether oxygens (including phenoxy) is 2. The highest BCUT2D eigenvalue weighted by Crippen LogP contribution is 2.23. The van der Waals surface area contributed by atoms with Gasteiger partial charge in [0.1, 0.15) is 0 Å². The van der Waals surface area contributed by atoms with Crippen LogP contribution in [0.2, 0.25) is 0 Å². The second-order valence-electron chi connectivity index (χ2n) is 6.19. The number of sulfone groups is 1. The van der Waals surface area contributed by atoms with Crippen LogP contribution in [0.3, 0.4) is 0 Å². The Morgan fingerprint density at radius 1 is 1.30 bits per heavy atom. The molecule has 0 bridgehead atoms. The fourth-order valence-electron chi connectivity index (χ4n) is 2.35. The highest BCUT2D eigenvalue weighted by Gasteiger charge is 2.40. The smallest absolute Gasteiger partial charge is 0.193 e. The first-order chi connectivity index (χ1) is 10.8. The van der Waals surface area contributed by atoms with Crippen molar-refractivity contribution in [1.82, 2.24) is 10.2 Å². The maximum Gasteiger partial charge on any atom is 0.193 e. The van der Waals surface area contributed by atoms with E-state index < -0.39 is 14.6 Å². The molecule has 0 aromatic heterocycles. The zero-order valence-corrected chi connectivity index (χ0v) is 15.6. The molecule has 1 saturated heterocycles. The average molecular weight is 349 g/mol. The molecule has 1 fully saturated rings. The van der Waals surface area contributed by atoms with Gasteiger partial charge in [0.05, 0.1) is 23.7 Å². The van der Waals surface area contributed by atoms with Gasteiger partial charge in [0.2, 0.25) is 0 Å². The highest BCUT2D eigenvalue weighted by atomic mass is 32.2. The Balaban J connectivity index is 2.52. The van der Waals surface area contributed by atoms with E-state index in [0.29, 0.717) is 39.5 Å². The molecule has 1 heterocycles. The van der Waals surface area contributed by atoms with E-state index >= 15 is 0 Å². The summed E-state index contributed by atoms with van der Waals surface area (Å²) in [5.41, 5.74) is 0. The van der Waals surface area contributed by atoms with Crippen molar-refractivity contribution in [3.05, 3.63) is 0 Å². The predicted molar refractivity (Wildman–Crippen MR) is 92.7 cm³/mol. The van der Waals surface area contributed by atoms with Crippen LogP contribution < -0.4 is 5.32 Å². The van der Waals surface area contributed by atoms with E-state index in [-0.39, 0.29) is 5.75 Å². The zero-order chi connectivity index (χ0) is 17.3. The fourth-order valence-corrected chi connectivity index (χ4v) is 3.71. The van der Waals surface area contributed by atoms with Crippen molar-refractivity contribution in [2.75, 3.05) is 58.9 Å². The molecule has 1 aliphatic heterocycles. The second kappa shape index (κ2) is 9.44. The third-order valence-corrected chi connectivity index (χ3v) is 6.35. The summed E-state index contributed by atoms with van der Waals surface area (Å²) in [4.78, 5) is 6.63. The molecule has 0 aromatic rings. The molecule has 1 rings (SSSR count). The molecule has 0 aromatic carbocycles. The molecule has 1 N–H and O–H groups in total. The summed E-state index contributed by atoms with van der Waals surface area (Å²) in [5.74, 6) is 0.956. The maximum absolute atomic E-state index is 12.1. The van der Waals surface area contributed by atoms with Crippen molar-refractivity contribution in [2.24, 2.45) is 4.99 Å². The van der Waals surface area contributed by atoms with Gasteiger partial charge in [-0.2, -0.15) is 0 Å². The second-order valence-corrected chi connectivity index (χ2v) is 8.94. The Morgan fingerprint density at radius 2 is 2.04 bits per heavy atom. The van der Waals surface area contributed by atoms with Gasteiger partial charge in [-0.05, 0) is 27.2 Å². The highest BCUT2D eigenvalue weighted by molar-refractivity contribution is 7.92. The van der Waals surface area contributed by atoms with Crippen LogP contribution >= 0.6 is 0 Å². The van der Waals surface area contributed by atoms with Gasteiger partial charge in [-0.15, -0.1) is 0 Å². The third-order valence-electron chi connectivity index (χ3n) is 3.82. The molecule has 0 saturated carbocycles. The van der Waals surface area contributed by atoms with Crippen LogP contribution in [-0.4, -0.2) is 82.9 Å². The number of nitrogens with one attached hydrogen (secondary N) is 1. The Bertz CT molecular complexity index is 477. The third kappa shape index (κ3) is 6.27. The quantitative estimate of drug-likeness (QED) is 0.391. The van der Waals surface area contributed by atoms with Crippen molar-refractivity contribution in [1.29, 1.82) is 0 Å². The number of rotatable bonds is 8. The minimum atomic E-state index is -3.04. The van der Waals surface area contributed by atoms with E-state index in [1.54, 1.807) is 21.0 Å². The molecule has 0 atom stereocenters. The zero-order valence-electron chi connectivity index (χ0n) is 14.8. The van der Waals surface area contributed by atoms with E-state index in [1.165, 1.54) is 0 Å². The molecule has 1 aliphatic rings. The minimum absolute atomic E-state index is 0.171. The summed E-state index contributed by atoms with van der Waals surface area (Å²) in [5, 5.41) is 3.25. The van der Waals surface area contributed by atoms with E-state index in [2.05, 4.69) is 10.3 Å². The van der Waals surface area contributed by atoms with Gasteiger partial charge in [0.25, 0.3) is 0 Å². The van der Waals surface area contributed by atoms with Gasteiger partial charge in [-0.25, -0.2) is 8.42 Å². The lowest BCUT2D eigenvalue weighted by Crippen LogP contribution is -2.57. The molecule has 23 heavy (non-hydrogen) atoms. The summed E-state index contributed by atoms with van der Waals surface area (Å²) in [6, 6.07) is 0. The molecule has 0 amide bonds. The normalized spacial score (nSPS) is 20.5. The largest absolute Gasteiger partial charge is 0.382 e. The van der Waals surface area contributed by atoms with Crippen LogP contribution in [-0.2, 0) is 19.3 Å². The molecular weight excluding hydrogens is 318 g/mol. The standard InChI is InChI=1S/C15H31N3O4S/c1-5-16-14(17-7-6-9-22-11-10-21-4)18-8-12-23(19,20)15(2,3)13-18/h5-13H2,1-4H3,(H,16,17). The van der Waals surface area contributed by atoms with E-state index in [4.69, 9.17) is 9.47 Å². The molecule has 0 unspecified atom stereocenters. The first-order valence-corrected chi connectivity index (χ1v) is 9.81. The first kappa shape index (κ1) is 20.2. The number of methoxy groups -OCH3 is 1. The van der Waals surface area contributed by atoms with Crippen LogP contribution in [0.5, 0.6) is 0 Å². The van der Waals surface area contributed by atoms with Crippen molar-refractivity contribution in [3.63, 3.8) is 0 Å². The average Bonchev–Trinajstić information content (AvgIpc) is 2.48. The molecule has 8 heteroatoms. The van der Waals surface area contributed by atoms with Gasteiger partial charge in [-0.3, -0.25) is 4.99 Å². The van der Waals surface area contributed by atoms with Crippen molar-refractivity contribution in [2.45, 2.75) is 31.9 Å². The summed E-state index contributed by atoms with van der Waals surface area (Å²) < 4.78 is 33.8. The lowest BCUT2D eigenvalue weighted by Gasteiger charge is -2.39.